The quantitative estimate of drug-likeness (QED) is 0.748. The van der Waals surface area contributed by atoms with Gasteiger partial charge in [0.25, 0.3) is 11.8 Å². The summed E-state index contributed by atoms with van der Waals surface area (Å²) < 4.78 is 5.35. The van der Waals surface area contributed by atoms with Crippen molar-refractivity contribution < 1.29 is 14.3 Å². The standard InChI is InChI=1S/C14H15NO3/c1-10-9-12(16)15(14(10,2)18-3)13(17)11-7-5-4-6-8-11/h4-9H,1-3H3. The van der Waals surface area contributed by atoms with Crippen LogP contribution in [0.25, 0.3) is 0 Å². The Morgan fingerprint density at radius 3 is 2.44 bits per heavy atom. The van der Waals surface area contributed by atoms with E-state index in [9.17, 15) is 9.59 Å². The average Bonchev–Trinajstić information content (AvgIpc) is 2.61. The van der Waals surface area contributed by atoms with Crippen LogP contribution in [0.5, 0.6) is 0 Å². The number of hydrogen-bond acceptors (Lipinski definition) is 3. The number of nitrogens with zero attached hydrogens (tertiary/aromatic N) is 1. The molecule has 0 N–H and O–H groups in total. The number of benzene rings is 1. The van der Waals surface area contributed by atoms with Gasteiger partial charge >= 0.3 is 0 Å². The van der Waals surface area contributed by atoms with Crippen LogP contribution in [0.1, 0.15) is 24.2 Å². The molecule has 0 spiro atoms. The molecule has 18 heavy (non-hydrogen) atoms. The molecule has 0 saturated carbocycles. The third kappa shape index (κ3) is 1.75. The first kappa shape index (κ1) is 12.5. The number of imide groups is 1. The van der Waals surface area contributed by atoms with E-state index in [0.29, 0.717) is 5.56 Å². The first-order chi connectivity index (χ1) is 8.50. The van der Waals surface area contributed by atoms with Crippen molar-refractivity contribution in [2.45, 2.75) is 19.6 Å². The summed E-state index contributed by atoms with van der Waals surface area (Å²) in [6.07, 6.45) is 1.43. The molecule has 0 bridgehead atoms. The van der Waals surface area contributed by atoms with E-state index in [1.165, 1.54) is 13.2 Å². The third-order valence-corrected chi connectivity index (χ3v) is 3.34. The van der Waals surface area contributed by atoms with Crippen molar-refractivity contribution in [3.05, 3.63) is 47.5 Å². The van der Waals surface area contributed by atoms with Crippen molar-refractivity contribution >= 4 is 11.8 Å². The zero-order valence-electron chi connectivity index (χ0n) is 10.6. The highest BCUT2D eigenvalue weighted by Crippen LogP contribution is 2.32. The van der Waals surface area contributed by atoms with E-state index < -0.39 is 5.72 Å². The summed E-state index contributed by atoms with van der Waals surface area (Å²) >= 11 is 0. The highest BCUT2D eigenvalue weighted by atomic mass is 16.5. The van der Waals surface area contributed by atoms with E-state index in [4.69, 9.17) is 4.74 Å². The Labute approximate surface area is 106 Å². The lowest BCUT2D eigenvalue weighted by Gasteiger charge is -2.34. The number of methoxy groups -OCH3 is 1. The van der Waals surface area contributed by atoms with Gasteiger partial charge in [0.2, 0.25) is 0 Å². The first-order valence-electron chi connectivity index (χ1n) is 5.68. The van der Waals surface area contributed by atoms with Crippen LogP contribution in [0.4, 0.5) is 0 Å². The van der Waals surface area contributed by atoms with E-state index in [1.807, 2.05) is 6.07 Å². The number of rotatable bonds is 2. The molecule has 4 heteroatoms. The Morgan fingerprint density at radius 2 is 1.89 bits per heavy atom. The summed E-state index contributed by atoms with van der Waals surface area (Å²) in [4.78, 5) is 25.4. The van der Waals surface area contributed by atoms with Crippen molar-refractivity contribution in [2.24, 2.45) is 0 Å². The van der Waals surface area contributed by atoms with Crippen LogP contribution in [-0.2, 0) is 9.53 Å². The lowest BCUT2D eigenvalue weighted by Crippen LogP contribution is -2.50. The molecular formula is C14H15NO3. The monoisotopic (exact) mass is 245 g/mol. The molecular weight excluding hydrogens is 230 g/mol. The van der Waals surface area contributed by atoms with Gasteiger partial charge in [-0.05, 0) is 31.6 Å². The van der Waals surface area contributed by atoms with Gasteiger partial charge in [-0.15, -0.1) is 0 Å². The molecule has 1 atom stereocenters. The van der Waals surface area contributed by atoms with Crippen molar-refractivity contribution in [3.8, 4) is 0 Å². The van der Waals surface area contributed by atoms with Crippen molar-refractivity contribution in [3.63, 3.8) is 0 Å². The molecule has 1 aliphatic heterocycles. The largest absolute Gasteiger partial charge is 0.355 e. The summed E-state index contributed by atoms with van der Waals surface area (Å²) in [5.74, 6) is -0.691. The maximum absolute atomic E-state index is 12.4. The SMILES string of the molecule is COC1(C)C(C)=CC(=O)N1C(=O)c1ccccc1. The van der Waals surface area contributed by atoms with Gasteiger partial charge in [-0.1, -0.05) is 18.2 Å². The highest BCUT2D eigenvalue weighted by Gasteiger charge is 2.45. The molecule has 0 aliphatic carbocycles. The van der Waals surface area contributed by atoms with Gasteiger partial charge < -0.3 is 4.74 Å². The van der Waals surface area contributed by atoms with E-state index >= 15 is 0 Å². The molecule has 1 unspecified atom stereocenters. The molecule has 94 valence electrons. The second kappa shape index (κ2) is 4.38. The van der Waals surface area contributed by atoms with Gasteiger partial charge in [0.1, 0.15) is 0 Å². The predicted octanol–water partition coefficient (Wildman–Crippen LogP) is 1.98. The maximum Gasteiger partial charge on any atom is 0.263 e. The maximum atomic E-state index is 12.4. The van der Waals surface area contributed by atoms with E-state index in [1.54, 1.807) is 38.1 Å². The summed E-state index contributed by atoms with van der Waals surface area (Å²) in [5.41, 5.74) is 0.195. The summed E-state index contributed by atoms with van der Waals surface area (Å²) in [5, 5.41) is 0. The molecule has 1 aliphatic rings. The molecule has 1 aromatic carbocycles. The summed E-state index contributed by atoms with van der Waals surface area (Å²) in [6, 6.07) is 8.71. The number of carbonyl (C=O) groups is 2. The van der Waals surface area contributed by atoms with Crippen LogP contribution in [-0.4, -0.2) is 29.5 Å². The molecule has 0 fully saturated rings. The Bertz CT molecular complexity index is 521. The van der Waals surface area contributed by atoms with Crippen molar-refractivity contribution in [1.29, 1.82) is 0 Å². The fourth-order valence-corrected chi connectivity index (χ4v) is 2.03. The predicted molar refractivity (Wildman–Crippen MR) is 66.8 cm³/mol. The van der Waals surface area contributed by atoms with Gasteiger partial charge in [0.05, 0.1) is 0 Å². The molecule has 0 radical (unpaired) electrons. The molecule has 2 rings (SSSR count). The van der Waals surface area contributed by atoms with E-state index in [-0.39, 0.29) is 11.8 Å². The van der Waals surface area contributed by atoms with Gasteiger partial charge in [0.15, 0.2) is 5.72 Å². The molecule has 2 amide bonds. The van der Waals surface area contributed by atoms with E-state index in [2.05, 4.69) is 0 Å². The zero-order chi connectivity index (χ0) is 13.3. The number of hydrogen-bond donors (Lipinski definition) is 0. The number of carbonyl (C=O) groups excluding carboxylic acids is 2. The van der Waals surface area contributed by atoms with Crippen LogP contribution < -0.4 is 0 Å². The topological polar surface area (TPSA) is 46.6 Å². The van der Waals surface area contributed by atoms with Crippen LogP contribution >= 0.6 is 0 Å². The number of ether oxygens (including phenoxy) is 1. The Hall–Kier alpha value is -1.94. The average molecular weight is 245 g/mol. The van der Waals surface area contributed by atoms with E-state index in [0.717, 1.165) is 10.5 Å². The molecule has 1 aromatic rings. The smallest absolute Gasteiger partial charge is 0.263 e. The molecule has 4 nitrogen and oxygen atoms in total. The van der Waals surface area contributed by atoms with Crippen LogP contribution in [0.3, 0.4) is 0 Å². The molecule has 0 saturated heterocycles. The Kier molecular flexibility index (Phi) is 3.05. The van der Waals surface area contributed by atoms with Crippen LogP contribution in [0, 0.1) is 0 Å². The fraction of sp³-hybridized carbons (Fsp3) is 0.286. The lowest BCUT2D eigenvalue weighted by atomic mass is 10.1. The molecule has 0 aromatic heterocycles. The first-order valence-corrected chi connectivity index (χ1v) is 5.68. The minimum absolute atomic E-state index is 0.342. The lowest BCUT2D eigenvalue weighted by molar-refractivity contribution is -0.137. The van der Waals surface area contributed by atoms with Crippen LogP contribution in [0.2, 0.25) is 0 Å². The van der Waals surface area contributed by atoms with Crippen LogP contribution in [0.15, 0.2) is 42.0 Å². The Balaban J connectivity index is 2.40. The minimum Gasteiger partial charge on any atom is -0.355 e. The normalized spacial score (nSPS) is 23.2. The third-order valence-electron chi connectivity index (χ3n) is 3.34. The highest BCUT2D eigenvalue weighted by molar-refractivity contribution is 6.10. The molecule has 1 heterocycles. The van der Waals surface area contributed by atoms with Gasteiger partial charge in [-0.2, -0.15) is 0 Å². The van der Waals surface area contributed by atoms with Gasteiger partial charge in [0, 0.05) is 18.7 Å². The fourth-order valence-electron chi connectivity index (χ4n) is 2.03. The van der Waals surface area contributed by atoms with Gasteiger partial charge in [-0.25, -0.2) is 4.90 Å². The summed E-state index contributed by atoms with van der Waals surface area (Å²) in [6.45, 7) is 3.49. The van der Waals surface area contributed by atoms with Crippen molar-refractivity contribution in [2.75, 3.05) is 7.11 Å². The second-order valence-corrected chi connectivity index (χ2v) is 4.36. The zero-order valence-corrected chi connectivity index (χ0v) is 10.6. The summed E-state index contributed by atoms with van der Waals surface area (Å²) in [7, 11) is 1.49. The Morgan fingerprint density at radius 1 is 1.28 bits per heavy atom. The second-order valence-electron chi connectivity index (χ2n) is 4.36. The van der Waals surface area contributed by atoms with Crippen molar-refractivity contribution in [1.82, 2.24) is 4.90 Å². The van der Waals surface area contributed by atoms with Gasteiger partial charge in [-0.3, -0.25) is 9.59 Å². The number of amides is 2. The minimum atomic E-state index is -0.996.